The van der Waals surface area contributed by atoms with Crippen molar-refractivity contribution >= 4 is 12.4 Å². The first kappa shape index (κ1) is 16.2. The van der Waals surface area contributed by atoms with Gasteiger partial charge in [-0.25, -0.2) is 0 Å². The highest BCUT2D eigenvalue weighted by Crippen LogP contribution is 2.21. The largest absolute Gasteiger partial charge is 0.306 e. The zero-order valence-electron chi connectivity index (χ0n) is 11.2. The molecule has 1 nitrogen and oxygen atoms in total. The Labute approximate surface area is 108 Å². The highest BCUT2D eigenvalue weighted by Gasteiger charge is 2.15. The van der Waals surface area contributed by atoms with E-state index in [0.717, 1.165) is 5.92 Å². The Morgan fingerprint density at radius 2 is 1.75 bits per heavy atom. The zero-order chi connectivity index (χ0) is 10.9. The van der Waals surface area contributed by atoms with E-state index in [2.05, 4.69) is 18.9 Å². The number of unbranched alkanes of at least 4 members (excludes halogenated alkanes) is 5. The second-order valence-electron chi connectivity index (χ2n) is 5.33. The topological polar surface area (TPSA) is 3.24 Å². The minimum absolute atomic E-state index is 0. The van der Waals surface area contributed by atoms with Crippen LogP contribution in [0.3, 0.4) is 0 Å². The first-order chi connectivity index (χ1) is 7.33. The molecule has 0 N–H and O–H groups in total. The molecule has 0 aromatic carbocycles. The molecule has 0 aromatic rings. The molecule has 98 valence electrons. The molecule has 1 saturated heterocycles. The van der Waals surface area contributed by atoms with Crippen molar-refractivity contribution in [3.8, 4) is 0 Å². The number of rotatable bonds is 7. The molecule has 1 unspecified atom stereocenters. The quantitative estimate of drug-likeness (QED) is 0.599. The molecule has 1 aliphatic rings. The molecular formula is C14H30ClN. The van der Waals surface area contributed by atoms with E-state index in [1.807, 2.05) is 0 Å². The van der Waals surface area contributed by atoms with Gasteiger partial charge in [0, 0.05) is 6.54 Å². The van der Waals surface area contributed by atoms with E-state index in [9.17, 15) is 0 Å². The average molecular weight is 248 g/mol. The van der Waals surface area contributed by atoms with Crippen LogP contribution in [0, 0.1) is 5.92 Å². The van der Waals surface area contributed by atoms with Crippen LogP contribution in [0.1, 0.15) is 64.7 Å². The lowest BCUT2D eigenvalue weighted by molar-refractivity contribution is 0.199. The molecule has 0 aliphatic carbocycles. The lowest BCUT2D eigenvalue weighted by Gasteiger charge is -2.29. The summed E-state index contributed by atoms with van der Waals surface area (Å²) in [4.78, 5) is 2.51. The van der Waals surface area contributed by atoms with Gasteiger partial charge in [-0.2, -0.15) is 0 Å². The van der Waals surface area contributed by atoms with Crippen LogP contribution < -0.4 is 0 Å². The number of hydrogen-bond acceptors (Lipinski definition) is 1. The van der Waals surface area contributed by atoms with Gasteiger partial charge in [0.05, 0.1) is 0 Å². The van der Waals surface area contributed by atoms with Gasteiger partial charge in [0.1, 0.15) is 0 Å². The van der Waals surface area contributed by atoms with Crippen LogP contribution in [0.2, 0.25) is 0 Å². The highest BCUT2D eigenvalue weighted by atomic mass is 35.5. The van der Waals surface area contributed by atoms with Crippen LogP contribution >= 0.6 is 12.4 Å². The minimum atomic E-state index is 0. The Morgan fingerprint density at radius 1 is 1.06 bits per heavy atom. The van der Waals surface area contributed by atoms with Crippen LogP contribution in [-0.4, -0.2) is 25.0 Å². The summed E-state index contributed by atoms with van der Waals surface area (Å²) in [7, 11) is 2.27. The standard InChI is InChI=1S/C14H29N.ClH/c1-3-4-5-6-7-8-10-14-11-9-12-15(2)13-14;/h14H,3-13H2,1-2H3;1H. The van der Waals surface area contributed by atoms with E-state index in [0.29, 0.717) is 0 Å². The Kier molecular flexibility index (Phi) is 10.6. The third kappa shape index (κ3) is 7.51. The lowest BCUT2D eigenvalue weighted by atomic mass is 9.92. The molecule has 2 heteroatoms. The van der Waals surface area contributed by atoms with Crippen molar-refractivity contribution < 1.29 is 0 Å². The van der Waals surface area contributed by atoms with Crippen molar-refractivity contribution in [3.63, 3.8) is 0 Å². The van der Waals surface area contributed by atoms with Crippen molar-refractivity contribution in [2.75, 3.05) is 20.1 Å². The van der Waals surface area contributed by atoms with Crippen molar-refractivity contribution in [1.82, 2.24) is 4.90 Å². The van der Waals surface area contributed by atoms with Gasteiger partial charge in [0.15, 0.2) is 0 Å². The molecule has 0 spiro atoms. The van der Waals surface area contributed by atoms with Crippen molar-refractivity contribution in [2.45, 2.75) is 64.7 Å². The molecule has 0 amide bonds. The predicted molar refractivity (Wildman–Crippen MR) is 75.5 cm³/mol. The molecule has 1 rings (SSSR count). The maximum Gasteiger partial charge on any atom is 0.000661 e. The monoisotopic (exact) mass is 247 g/mol. The van der Waals surface area contributed by atoms with Crippen molar-refractivity contribution in [1.29, 1.82) is 0 Å². The van der Waals surface area contributed by atoms with Crippen LogP contribution in [0.4, 0.5) is 0 Å². The fraction of sp³-hybridized carbons (Fsp3) is 1.00. The normalized spacial score (nSPS) is 21.8. The summed E-state index contributed by atoms with van der Waals surface area (Å²) in [5.41, 5.74) is 0. The second-order valence-corrected chi connectivity index (χ2v) is 5.33. The number of hydrogen-bond donors (Lipinski definition) is 0. The maximum absolute atomic E-state index is 2.51. The Hall–Kier alpha value is 0.250. The van der Waals surface area contributed by atoms with Crippen LogP contribution in [0.5, 0.6) is 0 Å². The predicted octanol–water partition coefficient (Wildman–Crippen LogP) is 4.50. The second kappa shape index (κ2) is 10.4. The van der Waals surface area contributed by atoms with Gasteiger partial charge in [-0.3, -0.25) is 0 Å². The molecule has 0 saturated carbocycles. The van der Waals surface area contributed by atoms with Gasteiger partial charge < -0.3 is 4.90 Å². The summed E-state index contributed by atoms with van der Waals surface area (Å²) in [6.45, 7) is 4.97. The summed E-state index contributed by atoms with van der Waals surface area (Å²) in [5.74, 6) is 1.01. The van der Waals surface area contributed by atoms with E-state index in [1.165, 1.54) is 70.9 Å². The summed E-state index contributed by atoms with van der Waals surface area (Å²) >= 11 is 0. The molecule has 16 heavy (non-hydrogen) atoms. The highest BCUT2D eigenvalue weighted by molar-refractivity contribution is 5.85. The molecule has 1 atom stereocenters. The molecule has 0 aromatic heterocycles. The third-order valence-corrected chi connectivity index (χ3v) is 3.69. The summed E-state index contributed by atoms with van der Waals surface area (Å²) < 4.78 is 0. The Bertz CT molecular complexity index is 150. The smallest absolute Gasteiger partial charge is 0.000661 e. The van der Waals surface area contributed by atoms with Gasteiger partial charge in [-0.15, -0.1) is 12.4 Å². The van der Waals surface area contributed by atoms with Crippen LogP contribution in [-0.2, 0) is 0 Å². The van der Waals surface area contributed by atoms with Crippen LogP contribution in [0.25, 0.3) is 0 Å². The maximum atomic E-state index is 2.51. The van der Waals surface area contributed by atoms with E-state index >= 15 is 0 Å². The van der Waals surface area contributed by atoms with Gasteiger partial charge in [-0.1, -0.05) is 45.4 Å². The number of nitrogens with zero attached hydrogens (tertiary/aromatic N) is 1. The van der Waals surface area contributed by atoms with E-state index in [1.54, 1.807) is 0 Å². The molecular weight excluding hydrogens is 218 g/mol. The number of piperidine rings is 1. The molecule has 0 radical (unpaired) electrons. The zero-order valence-corrected chi connectivity index (χ0v) is 12.0. The summed E-state index contributed by atoms with van der Waals surface area (Å²) in [5, 5.41) is 0. The van der Waals surface area contributed by atoms with Gasteiger partial charge in [0.25, 0.3) is 0 Å². The molecule has 0 bridgehead atoms. The summed E-state index contributed by atoms with van der Waals surface area (Å²) in [6.07, 6.45) is 13.1. The first-order valence-corrected chi connectivity index (χ1v) is 7.01. The third-order valence-electron chi connectivity index (χ3n) is 3.69. The molecule has 1 aliphatic heterocycles. The van der Waals surface area contributed by atoms with Crippen molar-refractivity contribution in [2.24, 2.45) is 5.92 Å². The van der Waals surface area contributed by atoms with Crippen molar-refractivity contribution in [3.05, 3.63) is 0 Å². The Balaban J connectivity index is 0.00000225. The van der Waals surface area contributed by atoms with Gasteiger partial charge in [0.2, 0.25) is 0 Å². The van der Waals surface area contributed by atoms with Crippen LogP contribution in [0.15, 0.2) is 0 Å². The lowest BCUT2D eigenvalue weighted by Crippen LogP contribution is -2.31. The van der Waals surface area contributed by atoms with E-state index < -0.39 is 0 Å². The minimum Gasteiger partial charge on any atom is -0.306 e. The van der Waals surface area contributed by atoms with Gasteiger partial charge >= 0.3 is 0 Å². The Morgan fingerprint density at radius 3 is 2.44 bits per heavy atom. The van der Waals surface area contributed by atoms with E-state index in [-0.39, 0.29) is 12.4 Å². The fourth-order valence-corrected chi connectivity index (χ4v) is 2.72. The van der Waals surface area contributed by atoms with E-state index in [4.69, 9.17) is 0 Å². The fourth-order valence-electron chi connectivity index (χ4n) is 2.72. The van der Waals surface area contributed by atoms with Gasteiger partial charge in [-0.05, 0) is 38.8 Å². The number of likely N-dealkylation sites (tertiary alicyclic amines) is 1. The molecule has 1 fully saturated rings. The number of halogens is 1. The SMILES string of the molecule is CCCCCCCCC1CCCN(C)C1.Cl. The summed E-state index contributed by atoms with van der Waals surface area (Å²) in [6, 6.07) is 0. The molecule has 1 heterocycles. The first-order valence-electron chi connectivity index (χ1n) is 7.01. The average Bonchev–Trinajstić information content (AvgIpc) is 2.23.